The van der Waals surface area contributed by atoms with Gasteiger partial charge in [0.15, 0.2) is 6.10 Å². The van der Waals surface area contributed by atoms with Crippen LogP contribution in [0.3, 0.4) is 0 Å². The summed E-state index contributed by atoms with van der Waals surface area (Å²) in [5, 5.41) is 0. The molecule has 0 aliphatic rings. The molecule has 0 radical (unpaired) electrons. The molecule has 0 N–H and O–H groups in total. The summed E-state index contributed by atoms with van der Waals surface area (Å²) in [4.78, 5) is 38.0. The molecular formula is C54H104O6. The third-order valence-electron chi connectivity index (χ3n) is 12.2. The smallest absolute Gasteiger partial charge is 0.306 e. The predicted octanol–water partition coefficient (Wildman–Crippen LogP) is 17.3. The molecule has 0 unspecified atom stereocenters. The van der Waals surface area contributed by atoms with Crippen LogP contribution in [-0.4, -0.2) is 37.2 Å². The molecule has 356 valence electrons. The number of carbonyl (C=O) groups is 3. The zero-order chi connectivity index (χ0) is 44.0. The molecule has 0 fully saturated rings. The third-order valence-corrected chi connectivity index (χ3v) is 12.2. The van der Waals surface area contributed by atoms with Crippen LogP contribution in [0.4, 0.5) is 0 Å². The average molecular weight is 849 g/mol. The Bertz CT molecular complexity index is 916. The number of esters is 3. The lowest BCUT2D eigenvalue weighted by Crippen LogP contribution is -2.30. The Morgan fingerprint density at radius 1 is 0.317 bits per heavy atom. The lowest BCUT2D eigenvalue weighted by Gasteiger charge is -2.18. The van der Waals surface area contributed by atoms with Crippen molar-refractivity contribution >= 4 is 17.9 Å². The van der Waals surface area contributed by atoms with Gasteiger partial charge in [-0.05, 0) is 31.1 Å². The van der Waals surface area contributed by atoms with Gasteiger partial charge in [0, 0.05) is 19.3 Å². The van der Waals surface area contributed by atoms with Crippen molar-refractivity contribution in [1.82, 2.24) is 0 Å². The molecule has 0 aromatic heterocycles. The van der Waals surface area contributed by atoms with Gasteiger partial charge in [-0.2, -0.15) is 0 Å². The Balaban J connectivity index is 4.31. The normalized spacial score (nSPS) is 12.1. The quantitative estimate of drug-likeness (QED) is 0.0345. The van der Waals surface area contributed by atoms with Crippen LogP contribution in [0.25, 0.3) is 0 Å². The summed E-state index contributed by atoms with van der Waals surface area (Å²) < 4.78 is 16.8. The lowest BCUT2D eigenvalue weighted by atomic mass is 10.0. The molecule has 0 bridgehead atoms. The van der Waals surface area contributed by atoms with E-state index in [0.717, 1.165) is 69.6 Å². The second-order valence-corrected chi connectivity index (χ2v) is 19.5. The molecule has 0 aliphatic carbocycles. The standard InChI is InChI=1S/C54H104O6/c1-6-7-8-9-10-11-12-13-14-18-24-29-34-39-44-52(55)58-47-51(60-54(57)46-41-36-31-26-21-20-23-28-33-38-43-50(4)5)48-59-53(56)45-40-35-30-25-19-16-15-17-22-27-32-37-42-49(2)3/h49-51H,6-48H2,1-5H3/t51-/m1/s1. The first kappa shape index (κ1) is 58.4. The fraction of sp³-hybridized carbons (Fsp3) is 0.944. The van der Waals surface area contributed by atoms with E-state index in [1.807, 2.05) is 0 Å². The van der Waals surface area contributed by atoms with Crippen LogP contribution in [0, 0.1) is 11.8 Å². The number of ether oxygens (including phenoxy) is 3. The predicted molar refractivity (Wildman–Crippen MR) is 256 cm³/mol. The lowest BCUT2D eigenvalue weighted by molar-refractivity contribution is -0.167. The van der Waals surface area contributed by atoms with Gasteiger partial charge in [-0.3, -0.25) is 14.4 Å². The van der Waals surface area contributed by atoms with Crippen LogP contribution in [0.2, 0.25) is 0 Å². The summed E-state index contributed by atoms with van der Waals surface area (Å²) in [5.41, 5.74) is 0. The van der Waals surface area contributed by atoms with E-state index in [0.29, 0.717) is 19.3 Å². The monoisotopic (exact) mass is 849 g/mol. The highest BCUT2D eigenvalue weighted by molar-refractivity contribution is 5.71. The van der Waals surface area contributed by atoms with E-state index >= 15 is 0 Å². The number of hydrogen-bond donors (Lipinski definition) is 0. The molecule has 0 amide bonds. The van der Waals surface area contributed by atoms with Gasteiger partial charge < -0.3 is 14.2 Å². The van der Waals surface area contributed by atoms with Gasteiger partial charge in [-0.25, -0.2) is 0 Å². The highest BCUT2D eigenvalue weighted by Crippen LogP contribution is 2.17. The molecule has 0 rings (SSSR count). The maximum atomic E-state index is 12.8. The zero-order valence-electron chi connectivity index (χ0n) is 41.1. The second kappa shape index (κ2) is 46.9. The molecule has 0 saturated carbocycles. The van der Waals surface area contributed by atoms with E-state index in [4.69, 9.17) is 14.2 Å². The van der Waals surface area contributed by atoms with Crippen molar-refractivity contribution in [1.29, 1.82) is 0 Å². The van der Waals surface area contributed by atoms with Crippen LogP contribution in [0.1, 0.15) is 298 Å². The topological polar surface area (TPSA) is 78.9 Å². The van der Waals surface area contributed by atoms with Crippen LogP contribution < -0.4 is 0 Å². The number of carbonyl (C=O) groups excluding carboxylic acids is 3. The molecular weight excluding hydrogens is 745 g/mol. The van der Waals surface area contributed by atoms with Crippen LogP contribution in [0.5, 0.6) is 0 Å². The molecule has 60 heavy (non-hydrogen) atoms. The molecule has 0 aliphatic heterocycles. The fourth-order valence-electron chi connectivity index (χ4n) is 8.17. The minimum absolute atomic E-state index is 0.0634. The van der Waals surface area contributed by atoms with Crippen LogP contribution >= 0.6 is 0 Å². The second-order valence-electron chi connectivity index (χ2n) is 19.5. The zero-order valence-corrected chi connectivity index (χ0v) is 41.1. The maximum Gasteiger partial charge on any atom is 0.306 e. The highest BCUT2D eigenvalue weighted by atomic mass is 16.6. The minimum Gasteiger partial charge on any atom is -0.462 e. The van der Waals surface area contributed by atoms with E-state index in [1.165, 1.54) is 186 Å². The molecule has 6 nitrogen and oxygen atoms in total. The SMILES string of the molecule is CCCCCCCCCCCCCCCCC(=O)OC[C@H](COC(=O)CCCCCCCCCCCCCCC(C)C)OC(=O)CCCCCCCCCCCCC(C)C. The Kier molecular flexibility index (Phi) is 45.7. The number of rotatable bonds is 48. The summed E-state index contributed by atoms with van der Waals surface area (Å²) in [6.45, 7) is 11.4. The summed E-state index contributed by atoms with van der Waals surface area (Å²) in [6, 6.07) is 0. The molecule has 0 aromatic carbocycles. The van der Waals surface area contributed by atoms with Gasteiger partial charge in [-0.15, -0.1) is 0 Å². The van der Waals surface area contributed by atoms with Gasteiger partial charge in [0.05, 0.1) is 0 Å². The van der Waals surface area contributed by atoms with Gasteiger partial charge in [0.1, 0.15) is 13.2 Å². The van der Waals surface area contributed by atoms with Crippen molar-refractivity contribution < 1.29 is 28.6 Å². The van der Waals surface area contributed by atoms with Gasteiger partial charge >= 0.3 is 17.9 Å². The van der Waals surface area contributed by atoms with Gasteiger partial charge in [0.2, 0.25) is 0 Å². The van der Waals surface area contributed by atoms with Gasteiger partial charge in [0.25, 0.3) is 0 Å². The molecule has 1 atom stereocenters. The van der Waals surface area contributed by atoms with Crippen LogP contribution in [0.15, 0.2) is 0 Å². The Hall–Kier alpha value is -1.59. The van der Waals surface area contributed by atoms with Crippen molar-refractivity contribution in [2.45, 2.75) is 304 Å². The molecule has 0 spiro atoms. The summed E-state index contributed by atoms with van der Waals surface area (Å²) in [6.07, 6.45) is 48.0. The summed E-state index contributed by atoms with van der Waals surface area (Å²) in [5.74, 6) is 0.804. The minimum atomic E-state index is -0.762. The van der Waals surface area contributed by atoms with E-state index in [-0.39, 0.29) is 31.1 Å². The van der Waals surface area contributed by atoms with E-state index < -0.39 is 6.10 Å². The summed E-state index contributed by atoms with van der Waals surface area (Å²) in [7, 11) is 0. The van der Waals surface area contributed by atoms with Crippen molar-refractivity contribution in [2.75, 3.05) is 13.2 Å². The highest BCUT2D eigenvalue weighted by Gasteiger charge is 2.19. The van der Waals surface area contributed by atoms with Gasteiger partial charge in [-0.1, -0.05) is 259 Å². The molecule has 6 heteroatoms. The average Bonchev–Trinajstić information content (AvgIpc) is 3.22. The van der Waals surface area contributed by atoms with Crippen molar-refractivity contribution in [2.24, 2.45) is 11.8 Å². The maximum absolute atomic E-state index is 12.8. The summed E-state index contributed by atoms with van der Waals surface area (Å²) >= 11 is 0. The van der Waals surface area contributed by atoms with Crippen molar-refractivity contribution in [3.63, 3.8) is 0 Å². The molecule has 0 heterocycles. The number of unbranched alkanes of at least 4 members (excludes halogenated alkanes) is 33. The Morgan fingerprint density at radius 2 is 0.550 bits per heavy atom. The Morgan fingerprint density at radius 3 is 0.817 bits per heavy atom. The first-order valence-corrected chi connectivity index (χ1v) is 26.7. The molecule has 0 aromatic rings. The third kappa shape index (κ3) is 47.5. The van der Waals surface area contributed by atoms with Crippen molar-refractivity contribution in [3.05, 3.63) is 0 Å². The fourth-order valence-corrected chi connectivity index (χ4v) is 8.17. The molecule has 0 saturated heterocycles. The van der Waals surface area contributed by atoms with Crippen molar-refractivity contribution in [3.8, 4) is 0 Å². The van der Waals surface area contributed by atoms with E-state index in [9.17, 15) is 14.4 Å². The van der Waals surface area contributed by atoms with Crippen LogP contribution in [-0.2, 0) is 28.6 Å². The van der Waals surface area contributed by atoms with E-state index in [2.05, 4.69) is 34.6 Å². The number of hydrogen-bond acceptors (Lipinski definition) is 6. The largest absolute Gasteiger partial charge is 0.462 e. The first-order valence-electron chi connectivity index (χ1n) is 26.7. The Labute approximate surface area is 374 Å². The first-order chi connectivity index (χ1) is 29.2. The van der Waals surface area contributed by atoms with E-state index in [1.54, 1.807) is 0 Å².